The first kappa shape index (κ1) is 14.9. The van der Waals surface area contributed by atoms with E-state index < -0.39 is 9.84 Å². The highest BCUT2D eigenvalue weighted by molar-refractivity contribution is 7.90. The predicted molar refractivity (Wildman–Crippen MR) is 85.1 cm³/mol. The van der Waals surface area contributed by atoms with Gasteiger partial charge in [-0.25, -0.2) is 8.42 Å². The van der Waals surface area contributed by atoms with Crippen LogP contribution in [0.15, 0.2) is 42.7 Å². The quantitative estimate of drug-likeness (QED) is 0.745. The summed E-state index contributed by atoms with van der Waals surface area (Å²) in [6, 6.07) is 9.61. The lowest BCUT2D eigenvalue weighted by atomic mass is 10.2. The molecule has 0 atom stereocenters. The Hall–Kier alpha value is -2.06. The lowest BCUT2D eigenvalue weighted by molar-refractivity contribution is 0.594. The van der Waals surface area contributed by atoms with E-state index in [2.05, 4.69) is 20.4 Å². The number of nitrogens with one attached hydrogen (secondary N) is 1. The van der Waals surface area contributed by atoms with Gasteiger partial charge in [0.1, 0.15) is 15.8 Å². The number of nitrogens with zero attached hydrogens (tertiary/aromatic N) is 3. The molecular weight excluding hydrogens is 320 g/mol. The van der Waals surface area contributed by atoms with E-state index in [-0.39, 0.29) is 11.5 Å². The normalized spacial score (nSPS) is 11.6. The van der Waals surface area contributed by atoms with Crippen molar-refractivity contribution in [2.75, 3.05) is 5.75 Å². The van der Waals surface area contributed by atoms with Gasteiger partial charge in [-0.3, -0.25) is 5.10 Å². The van der Waals surface area contributed by atoms with E-state index in [0.717, 1.165) is 16.1 Å². The number of benzene rings is 1. The Bertz CT molecular complexity index is 827. The fourth-order valence-corrected chi connectivity index (χ4v) is 4.50. The highest BCUT2D eigenvalue weighted by atomic mass is 32.2. The Balaban J connectivity index is 1.66. The SMILES string of the molecule is O=S(=O)(CCc1cn[nH]c1)Cc1nnc(-c2ccccc2)s1. The third kappa shape index (κ3) is 3.77. The molecule has 22 heavy (non-hydrogen) atoms. The largest absolute Gasteiger partial charge is 0.285 e. The molecule has 8 heteroatoms. The van der Waals surface area contributed by atoms with Crippen molar-refractivity contribution in [2.24, 2.45) is 0 Å². The van der Waals surface area contributed by atoms with Gasteiger partial charge in [-0.1, -0.05) is 41.7 Å². The van der Waals surface area contributed by atoms with Crippen LogP contribution in [-0.4, -0.2) is 34.6 Å². The lowest BCUT2D eigenvalue weighted by Gasteiger charge is -2.00. The number of aryl methyl sites for hydroxylation is 1. The van der Waals surface area contributed by atoms with Gasteiger partial charge >= 0.3 is 0 Å². The zero-order valence-corrected chi connectivity index (χ0v) is 13.3. The number of sulfone groups is 1. The van der Waals surface area contributed by atoms with Crippen LogP contribution in [0.4, 0.5) is 0 Å². The number of aromatic nitrogens is 4. The van der Waals surface area contributed by atoms with Crippen molar-refractivity contribution in [1.82, 2.24) is 20.4 Å². The molecule has 6 nitrogen and oxygen atoms in total. The molecule has 2 aromatic heterocycles. The predicted octanol–water partition coefficient (Wildman–Crippen LogP) is 2.09. The minimum Gasteiger partial charge on any atom is -0.285 e. The van der Waals surface area contributed by atoms with E-state index in [1.54, 1.807) is 12.4 Å². The molecule has 1 N–H and O–H groups in total. The van der Waals surface area contributed by atoms with Crippen molar-refractivity contribution in [3.63, 3.8) is 0 Å². The van der Waals surface area contributed by atoms with Gasteiger partial charge in [-0.2, -0.15) is 5.10 Å². The van der Waals surface area contributed by atoms with Crippen LogP contribution >= 0.6 is 11.3 Å². The number of hydrogen-bond acceptors (Lipinski definition) is 6. The zero-order chi connectivity index (χ0) is 15.4. The maximum Gasteiger partial charge on any atom is 0.157 e. The van der Waals surface area contributed by atoms with E-state index in [4.69, 9.17) is 0 Å². The maximum atomic E-state index is 12.1. The van der Waals surface area contributed by atoms with Crippen LogP contribution in [0.1, 0.15) is 10.6 Å². The number of aromatic amines is 1. The Labute approximate surface area is 132 Å². The van der Waals surface area contributed by atoms with E-state index in [0.29, 0.717) is 11.4 Å². The summed E-state index contributed by atoms with van der Waals surface area (Å²) >= 11 is 1.32. The summed E-state index contributed by atoms with van der Waals surface area (Å²) < 4.78 is 24.3. The molecule has 0 aliphatic carbocycles. The smallest absolute Gasteiger partial charge is 0.157 e. The summed E-state index contributed by atoms with van der Waals surface area (Å²) in [6.07, 6.45) is 3.78. The Morgan fingerprint density at radius 1 is 1.14 bits per heavy atom. The molecule has 0 saturated heterocycles. The van der Waals surface area contributed by atoms with Crippen molar-refractivity contribution >= 4 is 21.2 Å². The standard InChI is InChI=1S/C14H14N4O2S2/c19-22(20,7-6-11-8-15-16-9-11)10-13-17-18-14(21-13)12-4-2-1-3-5-12/h1-5,8-9H,6-7,10H2,(H,15,16). The maximum absolute atomic E-state index is 12.1. The molecule has 0 radical (unpaired) electrons. The molecule has 1 aromatic carbocycles. The fraction of sp³-hybridized carbons (Fsp3) is 0.214. The van der Waals surface area contributed by atoms with Gasteiger partial charge in [-0.05, 0) is 12.0 Å². The van der Waals surface area contributed by atoms with Crippen LogP contribution in [0.3, 0.4) is 0 Å². The average molecular weight is 334 g/mol. The molecule has 2 heterocycles. The van der Waals surface area contributed by atoms with Gasteiger partial charge in [-0.15, -0.1) is 10.2 Å². The second kappa shape index (κ2) is 6.37. The molecule has 3 aromatic rings. The molecule has 0 saturated carbocycles. The first-order chi connectivity index (χ1) is 10.6. The molecule has 0 amide bonds. The van der Waals surface area contributed by atoms with Crippen LogP contribution in [-0.2, 0) is 22.0 Å². The van der Waals surface area contributed by atoms with Gasteiger partial charge in [0.15, 0.2) is 9.84 Å². The van der Waals surface area contributed by atoms with Crippen molar-refractivity contribution in [3.8, 4) is 10.6 Å². The van der Waals surface area contributed by atoms with Crippen molar-refractivity contribution < 1.29 is 8.42 Å². The lowest BCUT2D eigenvalue weighted by Crippen LogP contribution is -2.11. The molecule has 0 unspecified atom stereocenters. The first-order valence-corrected chi connectivity index (χ1v) is 9.32. The molecule has 0 fully saturated rings. The average Bonchev–Trinajstić information content (AvgIpc) is 3.17. The van der Waals surface area contributed by atoms with E-state index >= 15 is 0 Å². The molecule has 0 aliphatic heterocycles. The van der Waals surface area contributed by atoms with Crippen LogP contribution in [0, 0.1) is 0 Å². The Morgan fingerprint density at radius 3 is 2.68 bits per heavy atom. The van der Waals surface area contributed by atoms with Crippen LogP contribution < -0.4 is 0 Å². The highest BCUT2D eigenvalue weighted by Crippen LogP contribution is 2.24. The van der Waals surface area contributed by atoms with Crippen LogP contribution in [0.5, 0.6) is 0 Å². The van der Waals surface area contributed by atoms with Gasteiger partial charge in [0.05, 0.1) is 11.9 Å². The van der Waals surface area contributed by atoms with E-state index in [9.17, 15) is 8.42 Å². The first-order valence-electron chi connectivity index (χ1n) is 6.68. The minimum atomic E-state index is -3.21. The summed E-state index contributed by atoms with van der Waals surface area (Å²) in [5.41, 5.74) is 1.83. The van der Waals surface area contributed by atoms with Crippen molar-refractivity contribution in [1.29, 1.82) is 0 Å². The number of H-pyrrole nitrogens is 1. The number of rotatable bonds is 6. The summed E-state index contributed by atoms with van der Waals surface area (Å²) in [7, 11) is -3.21. The van der Waals surface area contributed by atoms with Crippen LogP contribution in [0.25, 0.3) is 10.6 Å². The van der Waals surface area contributed by atoms with Gasteiger partial charge in [0.2, 0.25) is 0 Å². The molecule has 3 rings (SSSR count). The summed E-state index contributed by atoms with van der Waals surface area (Å²) in [5, 5.41) is 15.8. The third-order valence-corrected chi connectivity index (χ3v) is 5.78. The van der Waals surface area contributed by atoms with Gasteiger partial charge < -0.3 is 0 Å². The molecule has 0 bridgehead atoms. The second-order valence-electron chi connectivity index (χ2n) is 4.82. The fourth-order valence-electron chi connectivity index (χ4n) is 1.96. The molecule has 0 aliphatic rings. The topological polar surface area (TPSA) is 88.6 Å². The van der Waals surface area contributed by atoms with E-state index in [1.807, 2.05) is 30.3 Å². The number of hydrogen-bond donors (Lipinski definition) is 1. The summed E-state index contributed by atoms with van der Waals surface area (Å²) in [6.45, 7) is 0. The molecule has 0 spiro atoms. The van der Waals surface area contributed by atoms with Crippen molar-refractivity contribution in [3.05, 3.63) is 53.3 Å². The Kier molecular flexibility index (Phi) is 4.30. The van der Waals surface area contributed by atoms with Crippen molar-refractivity contribution in [2.45, 2.75) is 12.2 Å². The molecular formula is C14H14N4O2S2. The van der Waals surface area contributed by atoms with Crippen LogP contribution in [0.2, 0.25) is 0 Å². The zero-order valence-electron chi connectivity index (χ0n) is 11.6. The summed E-state index contributed by atoms with van der Waals surface area (Å²) in [4.78, 5) is 0. The monoisotopic (exact) mass is 334 g/mol. The van der Waals surface area contributed by atoms with E-state index in [1.165, 1.54) is 11.3 Å². The third-order valence-electron chi connectivity index (χ3n) is 3.09. The van der Waals surface area contributed by atoms with Gasteiger partial charge in [0, 0.05) is 11.8 Å². The minimum absolute atomic E-state index is 0.0741. The molecule has 114 valence electrons. The second-order valence-corrected chi connectivity index (χ2v) is 8.06. The highest BCUT2D eigenvalue weighted by Gasteiger charge is 2.16. The summed E-state index contributed by atoms with van der Waals surface area (Å²) in [5.74, 6) is 0.00212. The van der Waals surface area contributed by atoms with Gasteiger partial charge in [0.25, 0.3) is 0 Å². The Morgan fingerprint density at radius 2 is 1.95 bits per heavy atom.